The van der Waals surface area contributed by atoms with Crippen LogP contribution in [0, 0.1) is 5.92 Å². The smallest absolute Gasteiger partial charge is 0.326 e. The van der Waals surface area contributed by atoms with E-state index < -0.39 is 47.9 Å². The number of carbonyl (C=O) groups excluding carboxylic acids is 3. The molecule has 0 saturated carbocycles. The van der Waals surface area contributed by atoms with Gasteiger partial charge in [0.25, 0.3) is 0 Å². The summed E-state index contributed by atoms with van der Waals surface area (Å²) in [5.41, 5.74) is 11.9. The molecule has 0 bridgehead atoms. The first-order valence-electron chi connectivity index (χ1n) is 12.0. The summed E-state index contributed by atoms with van der Waals surface area (Å²) >= 11 is 4.02. The highest BCUT2D eigenvalue weighted by Gasteiger charge is 2.30. The largest absolute Gasteiger partial charge is 0.508 e. The number of hydrogen-bond acceptors (Lipinski definition) is 8. The Balaban J connectivity index is 3.07. The molecule has 1 aromatic rings. The molecule has 9 N–H and O–H groups in total. The molecule has 36 heavy (non-hydrogen) atoms. The van der Waals surface area contributed by atoms with Crippen LogP contribution in [0.1, 0.15) is 45.1 Å². The lowest BCUT2D eigenvalue weighted by molar-refractivity contribution is -0.142. The number of unbranched alkanes of at least 4 members (excludes halogenated alkanes) is 1. The van der Waals surface area contributed by atoms with Crippen molar-refractivity contribution in [3.63, 3.8) is 0 Å². The molecule has 0 aliphatic carbocycles. The summed E-state index contributed by atoms with van der Waals surface area (Å²) < 4.78 is 0. The van der Waals surface area contributed by atoms with Gasteiger partial charge in [0.1, 0.15) is 23.9 Å². The lowest BCUT2D eigenvalue weighted by atomic mass is 10.00. The van der Waals surface area contributed by atoms with Crippen LogP contribution >= 0.6 is 12.6 Å². The third-order valence-electron chi connectivity index (χ3n) is 5.44. The third kappa shape index (κ3) is 11.3. The fraction of sp³-hybridized carbons (Fsp3) is 0.583. The number of nitrogens with two attached hydrogens (primary N) is 2. The molecule has 0 saturated heterocycles. The summed E-state index contributed by atoms with van der Waals surface area (Å²) in [5.74, 6) is -2.89. The highest BCUT2D eigenvalue weighted by molar-refractivity contribution is 7.80. The Labute approximate surface area is 217 Å². The first kappa shape index (κ1) is 31.2. The Hall–Kier alpha value is -2.83. The average Bonchev–Trinajstić information content (AvgIpc) is 2.82. The van der Waals surface area contributed by atoms with Gasteiger partial charge in [-0.15, -0.1) is 0 Å². The maximum atomic E-state index is 13.2. The fourth-order valence-corrected chi connectivity index (χ4v) is 3.60. The Bertz CT molecular complexity index is 867. The number of rotatable bonds is 16. The monoisotopic (exact) mass is 525 g/mol. The summed E-state index contributed by atoms with van der Waals surface area (Å²) in [7, 11) is 0. The van der Waals surface area contributed by atoms with Gasteiger partial charge in [-0.05, 0) is 55.8 Å². The predicted molar refractivity (Wildman–Crippen MR) is 139 cm³/mol. The maximum Gasteiger partial charge on any atom is 0.326 e. The lowest BCUT2D eigenvalue weighted by Crippen LogP contribution is -2.58. The van der Waals surface area contributed by atoms with Gasteiger partial charge in [-0.2, -0.15) is 12.6 Å². The molecule has 4 atom stereocenters. The van der Waals surface area contributed by atoms with E-state index in [2.05, 4.69) is 28.6 Å². The Morgan fingerprint density at radius 2 is 1.47 bits per heavy atom. The van der Waals surface area contributed by atoms with E-state index in [0.717, 1.165) is 0 Å². The van der Waals surface area contributed by atoms with Crippen molar-refractivity contribution in [3.05, 3.63) is 29.8 Å². The molecule has 1 rings (SSSR count). The van der Waals surface area contributed by atoms with Crippen molar-refractivity contribution in [3.8, 4) is 5.75 Å². The topological polar surface area (TPSA) is 197 Å². The van der Waals surface area contributed by atoms with Crippen LogP contribution in [0.2, 0.25) is 0 Å². The normalized spacial score (nSPS) is 14.4. The van der Waals surface area contributed by atoms with E-state index in [1.54, 1.807) is 12.1 Å². The minimum atomic E-state index is -1.17. The van der Waals surface area contributed by atoms with Gasteiger partial charge in [0.15, 0.2) is 0 Å². The standard InChI is InChI=1S/C24H39N5O6S/c1-14(2)11-19(22(32)27-18(24(34)35)5-3-4-10-25)29-23(33)20(28-21(31)17(26)13-36)12-15-6-8-16(30)9-7-15/h6-9,14,17-20,30,36H,3-5,10-13,25-26H2,1-2H3,(H,27,32)(H,28,31)(H,29,33)(H,34,35). The quantitative estimate of drug-likeness (QED) is 0.108. The van der Waals surface area contributed by atoms with Crippen LogP contribution in [0.25, 0.3) is 0 Å². The first-order chi connectivity index (χ1) is 17.0. The zero-order chi connectivity index (χ0) is 27.3. The number of phenolic OH excluding ortho intramolecular Hbond substituents is 1. The number of thiol groups is 1. The molecule has 1 aromatic carbocycles. The van der Waals surface area contributed by atoms with E-state index >= 15 is 0 Å². The molecule has 0 spiro atoms. The van der Waals surface area contributed by atoms with Gasteiger partial charge in [-0.3, -0.25) is 14.4 Å². The van der Waals surface area contributed by atoms with Crippen LogP contribution in [0.4, 0.5) is 0 Å². The molecule has 202 valence electrons. The van der Waals surface area contributed by atoms with Crippen LogP contribution in [-0.2, 0) is 25.6 Å². The highest BCUT2D eigenvalue weighted by Crippen LogP contribution is 2.13. The van der Waals surface area contributed by atoms with Gasteiger partial charge in [-0.25, -0.2) is 4.79 Å². The minimum absolute atomic E-state index is 0.00399. The van der Waals surface area contributed by atoms with Gasteiger partial charge >= 0.3 is 5.97 Å². The number of nitrogens with one attached hydrogen (secondary N) is 3. The molecule has 0 heterocycles. The zero-order valence-electron chi connectivity index (χ0n) is 20.8. The summed E-state index contributed by atoms with van der Waals surface area (Å²) in [6.07, 6.45) is 1.69. The molecule has 11 nitrogen and oxygen atoms in total. The SMILES string of the molecule is CC(C)CC(NC(=O)C(Cc1ccc(O)cc1)NC(=O)C(N)CS)C(=O)NC(CCCCN)C(=O)O. The van der Waals surface area contributed by atoms with Crippen LogP contribution < -0.4 is 27.4 Å². The molecular formula is C24H39N5O6S. The van der Waals surface area contributed by atoms with E-state index in [4.69, 9.17) is 11.5 Å². The Morgan fingerprint density at radius 1 is 0.917 bits per heavy atom. The van der Waals surface area contributed by atoms with Gasteiger partial charge in [-0.1, -0.05) is 26.0 Å². The van der Waals surface area contributed by atoms with Crippen molar-refractivity contribution < 1.29 is 29.4 Å². The fourth-order valence-electron chi connectivity index (χ4n) is 3.44. The minimum Gasteiger partial charge on any atom is -0.508 e. The van der Waals surface area contributed by atoms with Crippen molar-refractivity contribution in [2.75, 3.05) is 12.3 Å². The van der Waals surface area contributed by atoms with Crippen molar-refractivity contribution in [2.24, 2.45) is 17.4 Å². The van der Waals surface area contributed by atoms with Crippen molar-refractivity contribution in [1.82, 2.24) is 16.0 Å². The summed E-state index contributed by atoms with van der Waals surface area (Å²) in [6.45, 7) is 4.14. The number of carbonyl (C=O) groups is 4. The molecule has 0 aromatic heterocycles. The maximum absolute atomic E-state index is 13.2. The van der Waals surface area contributed by atoms with Crippen molar-refractivity contribution >= 4 is 36.3 Å². The second kappa shape index (κ2) is 16.0. The van der Waals surface area contributed by atoms with Crippen LogP contribution in [0.5, 0.6) is 5.75 Å². The average molecular weight is 526 g/mol. The molecule has 0 fully saturated rings. The van der Waals surface area contributed by atoms with Gasteiger partial charge in [0.05, 0.1) is 6.04 Å². The number of phenols is 1. The molecule has 0 aliphatic rings. The van der Waals surface area contributed by atoms with E-state index in [0.29, 0.717) is 24.9 Å². The molecule has 3 amide bonds. The van der Waals surface area contributed by atoms with E-state index in [-0.39, 0.29) is 36.7 Å². The molecule has 12 heteroatoms. The predicted octanol–water partition coefficient (Wildman–Crippen LogP) is -0.0941. The molecule has 0 aliphatic heterocycles. The molecular weight excluding hydrogens is 486 g/mol. The number of carboxylic acids is 1. The van der Waals surface area contributed by atoms with E-state index in [1.165, 1.54) is 12.1 Å². The van der Waals surface area contributed by atoms with Gasteiger partial charge in [0.2, 0.25) is 17.7 Å². The number of carboxylic acid groups (broad SMARTS) is 1. The number of hydrogen-bond donors (Lipinski definition) is 8. The summed E-state index contributed by atoms with van der Waals surface area (Å²) in [4.78, 5) is 50.3. The second-order valence-electron chi connectivity index (χ2n) is 9.10. The van der Waals surface area contributed by atoms with E-state index in [1.807, 2.05) is 13.8 Å². The first-order valence-corrected chi connectivity index (χ1v) is 12.6. The number of benzene rings is 1. The van der Waals surface area contributed by atoms with Crippen molar-refractivity contribution in [1.29, 1.82) is 0 Å². The van der Waals surface area contributed by atoms with Crippen LogP contribution in [0.15, 0.2) is 24.3 Å². The second-order valence-corrected chi connectivity index (χ2v) is 9.46. The lowest BCUT2D eigenvalue weighted by Gasteiger charge is -2.26. The number of aromatic hydroxyl groups is 1. The van der Waals surface area contributed by atoms with Crippen molar-refractivity contribution in [2.45, 2.75) is 70.1 Å². The van der Waals surface area contributed by atoms with Crippen LogP contribution in [-0.4, -0.2) is 70.4 Å². The number of aliphatic carboxylic acids is 1. The Morgan fingerprint density at radius 3 is 2.00 bits per heavy atom. The summed E-state index contributed by atoms with van der Waals surface area (Å²) in [6, 6.07) is 1.98. The van der Waals surface area contributed by atoms with E-state index in [9.17, 15) is 29.4 Å². The molecule has 0 radical (unpaired) electrons. The Kier molecular flexibility index (Phi) is 13.9. The van der Waals surface area contributed by atoms with Gasteiger partial charge < -0.3 is 37.6 Å². The molecule has 4 unspecified atom stereocenters. The third-order valence-corrected chi connectivity index (χ3v) is 5.84. The number of amides is 3. The van der Waals surface area contributed by atoms with Gasteiger partial charge in [0, 0.05) is 12.2 Å². The van der Waals surface area contributed by atoms with Crippen LogP contribution in [0.3, 0.4) is 0 Å². The highest BCUT2D eigenvalue weighted by atomic mass is 32.1. The summed E-state index contributed by atoms with van der Waals surface area (Å²) in [5, 5.41) is 26.8. The zero-order valence-corrected chi connectivity index (χ0v) is 21.7.